The summed E-state index contributed by atoms with van der Waals surface area (Å²) >= 11 is 0. The van der Waals surface area contributed by atoms with E-state index in [-0.39, 0.29) is 6.10 Å². The Morgan fingerprint density at radius 3 is 2.00 bits per heavy atom. The van der Waals surface area contributed by atoms with E-state index in [1.807, 2.05) is 0 Å². The molecule has 0 aromatic rings. The molecule has 0 heterocycles. The van der Waals surface area contributed by atoms with Crippen molar-refractivity contribution in [2.24, 2.45) is 11.8 Å². The normalized spacial score (nSPS) is 30.0. The first kappa shape index (κ1) is 21.2. The van der Waals surface area contributed by atoms with Crippen molar-refractivity contribution in [3.05, 3.63) is 6.92 Å². The van der Waals surface area contributed by atoms with Gasteiger partial charge in [0.1, 0.15) is 0 Å². The molecule has 25 heavy (non-hydrogen) atoms. The van der Waals surface area contributed by atoms with Gasteiger partial charge in [0.2, 0.25) is 0 Å². The largest absolute Gasteiger partial charge is 0.378 e. The fourth-order valence-corrected chi connectivity index (χ4v) is 4.87. The third kappa shape index (κ3) is 8.43. The van der Waals surface area contributed by atoms with Gasteiger partial charge in [0.05, 0.1) is 12.2 Å². The van der Waals surface area contributed by atoms with Crippen LogP contribution in [0.25, 0.3) is 0 Å². The van der Waals surface area contributed by atoms with Crippen LogP contribution >= 0.6 is 0 Å². The number of hydrogen-bond acceptors (Lipinski definition) is 1. The van der Waals surface area contributed by atoms with Crippen LogP contribution in [0.5, 0.6) is 0 Å². The highest BCUT2D eigenvalue weighted by molar-refractivity contribution is 4.83. The molecule has 2 aliphatic carbocycles. The second-order valence-electron chi connectivity index (χ2n) is 8.59. The van der Waals surface area contributed by atoms with Gasteiger partial charge in [0, 0.05) is 6.61 Å². The zero-order valence-corrected chi connectivity index (χ0v) is 16.6. The summed E-state index contributed by atoms with van der Waals surface area (Å²) in [5.41, 5.74) is 0. The van der Waals surface area contributed by atoms with Crippen LogP contribution in [0.2, 0.25) is 0 Å². The topological polar surface area (TPSA) is 29.1 Å². The number of fused-ring (bicyclic) bond motifs is 3. The van der Waals surface area contributed by atoms with Crippen LogP contribution in [-0.2, 0) is 9.84 Å². The van der Waals surface area contributed by atoms with Crippen LogP contribution < -0.4 is 0 Å². The summed E-state index contributed by atoms with van der Waals surface area (Å²) in [5, 5.41) is 12.3. The zero-order chi connectivity index (χ0) is 17.7. The minimum absolute atomic E-state index is 0.321. The van der Waals surface area contributed by atoms with Gasteiger partial charge in [0.15, 0.2) is 0 Å². The minimum atomic E-state index is -0.321. The highest BCUT2D eigenvalue weighted by atomic mass is 16.5. The maximum absolute atomic E-state index is 12.3. The highest BCUT2D eigenvalue weighted by Gasteiger charge is 2.33. The van der Waals surface area contributed by atoms with E-state index >= 15 is 0 Å². The Morgan fingerprint density at radius 1 is 0.680 bits per heavy atom. The molecule has 146 valence electrons. The summed E-state index contributed by atoms with van der Waals surface area (Å²) in [6.45, 7) is 4.81. The third-order valence-electron chi connectivity index (χ3n) is 6.57. The molecule has 2 radical (unpaired) electrons. The standard InChI is InChI=1S/C23H42O2/c1-2-3-4-5-6-7-8-9-10-11-19-25-23-18-17-22(24)20-13-12-14-21(23)16-15-20/h20-23H,1-19H2. The first-order valence-electron chi connectivity index (χ1n) is 11.4. The molecular weight excluding hydrogens is 308 g/mol. The molecule has 2 rings (SSSR count). The van der Waals surface area contributed by atoms with Gasteiger partial charge in [0.25, 0.3) is 0 Å². The van der Waals surface area contributed by atoms with E-state index in [4.69, 9.17) is 4.74 Å². The van der Waals surface area contributed by atoms with Crippen molar-refractivity contribution in [2.45, 2.75) is 121 Å². The molecule has 2 fully saturated rings. The predicted octanol–water partition coefficient (Wildman–Crippen LogP) is 6.90. The lowest BCUT2D eigenvalue weighted by Crippen LogP contribution is -2.29. The molecule has 0 spiro atoms. The van der Waals surface area contributed by atoms with Gasteiger partial charge in [-0.3, -0.25) is 0 Å². The average molecular weight is 351 g/mol. The number of ether oxygens (including phenoxy) is 1. The molecule has 2 aliphatic rings. The zero-order valence-electron chi connectivity index (χ0n) is 16.6. The van der Waals surface area contributed by atoms with Crippen LogP contribution in [-0.4, -0.2) is 18.8 Å². The van der Waals surface area contributed by atoms with Crippen LogP contribution in [0, 0.1) is 18.8 Å². The van der Waals surface area contributed by atoms with E-state index in [1.165, 1.54) is 83.5 Å². The Bertz CT molecular complexity index is 317. The van der Waals surface area contributed by atoms with Crippen molar-refractivity contribution in [1.82, 2.24) is 0 Å². The molecule has 0 aromatic heterocycles. The lowest BCUT2D eigenvalue weighted by Gasteiger charge is -2.30. The summed E-state index contributed by atoms with van der Waals surface area (Å²) in [6, 6.07) is 0. The van der Waals surface area contributed by atoms with E-state index in [0.717, 1.165) is 38.2 Å². The highest BCUT2D eigenvalue weighted by Crippen LogP contribution is 2.37. The van der Waals surface area contributed by atoms with Crippen molar-refractivity contribution in [1.29, 1.82) is 0 Å². The van der Waals surface area contributed by atoms with Crippen molar-refractivity contribution in [3.63, 3.8) is 0 Å². The van der Waals surface area contributed by atoms with Crippen molar-refractivity contribution in [3.8, 4) is 0 Å². The molecular formula is C23H42O2. The molecule has 0 aliphatic heterocycles. The van der Waals surface area contributed by atoms with Crippen LogP contribution in [0.1, 0.15) is 109 Å². The average Bonchev–Trinajstić information content (AvgIpc) is 2.84. The van der Waals surface area contributed by atoms with Crippen LogP contribution in [0.3, 0.4) is 0 Å². The quantitative estimate of drug-likeness (QED) is 0.352. The molecule has 0 amide bonds. The fourth-order valence-electron chi connectivity index (χ4n) is 4.87. The lowest BCUT2D eigenvalue weighted by molar-refractivity contribution is -0.0368. The van der Waals surface area contributed by atoms with Gasteiger partial charge in [-0.1, -0.05) is 71.1 Å². The number of unbranched alkanes of at least 4 members (excludes halogenated alkanes) is 9. The molecule has 0 N–H and O–H groups in total. The molecule has 2 bridgehead atoms. The molecule has 4 atom stereocenters. The molecule has 2 heteroatoms. The number of hydrogen-bond donors (Lipinski definition) is 0. The van der Waals surface area contributed by atoms with E-state index in [2.05, 4.69) is 6.92 Å². The Kier molecular flexibility index (Phi) is 11.2. The third-order valence-corrected chi connectivity index (χ3v) is 6.57. The predicted molar refractivity (Wildman–Crippen MR) is 105 cm³/mol. The fraction of sp³-hybridized carbons (Fsp3) is 0.957. The second-order valence-corrected chi connectivity index (χ2v) is 8.59. The molecule has 2 saturated carbocycles. The van der Waals surface area contributed by atoms with Crippen molar-refractivity contribution in [2.75, 3.05) is 6.61 Å². The van der Waals surface area contributed by atoms with Crippen molar-refractivity contribution < 1.29 is 9.84 Å². The Balaban J connectivity index is 1.49. The van der Waals surface area contributed by atoms with Crippen LogP contribution in [0.4, 0.5) is 0 Å². The maximum Gasteiger partial charge on any atom is 0.0959 e. The second kappa shape index (κ2) is 13.1. The first-order valence-corrected chi connectivity index (χ1v) is 11.4. The maximum atomic E-state index is 12.3. The molecule has 0 saturated heterocycles. The van der Waals surface area contributed by atoms with Gasteiger partial charge in [-0.25, -0.2) is 5.11 Å². The van der Waals surface area contributed by atoms with Gasteiger partial charge in [-0.15, -0.1) is 0 Å². The first-order chi connectivity index (χ1) is 12.3. The van der Waals surface area contributed by atoms with E-state index < -0.39 is 0 Å². The van der Waals surface area contributed by atoms with E-state index in [1.54, 1.807) is 0 Å². The van der Waals surface area contributed by atoms with Gasteiger partial charge < -0.3 is 4.74 Å². The van der Waals surface area contributed by atoms with E-state index in [9.17, 15) is 5.11 Å². The smallest absolute Gasteiger partial charge is 0.0959 e. The van der Waals surface area contributed by atoms with Gasteiger partial charge in [-0.05, 0) is 56.8 Å². The molecule has 0 aromatic carbocycles. The lowest BCUT2D eigenvalue weighted by atomic mass is 9.84. The molecule has 4 unspecified atom stereocenters. The monoisotopic (exact) mass is 350 g/mol. The van der Waals surface area contributed by atoms with Gasteiger partial charge >= 0.3 is 0 Å². The summed E-state index contributed by atoms with van der Waals surface area (Å²) in [6.07, 6.45) is 21.2. The van der Waals surface area contributed by atoms with E-state index in [0.29, 0.717) is 12.0 Å². The Hall–Kier alpha value is -0.0800. The summed E-state index contributed by atoms with van der Waals surface area (Å²) in [5.74, 6) is 1.19. The molecule has 2 nitrogen and oxygen atoms in total. The van der Waals surface area contributed by atoms with Crippen molar-refractivity contribution >= 4 is 0 Å². The minimum Gasteiger partial charge on any atom is -0.378 e. The Labute approximate surface area is 157 Å². The summed E-state index contributed by atoms with van der Waals surface area (Å²) in [4.78, 5) is 0. The summed E-state index contributed by atoms with van der Waals surface area (Å²) in [7, 11) is 0. The number of rotatable bonds is 12. The van der Waals surface area contributed by atoms with Crippen LogP contribution in [0.15, 0.2) is 0 Å². The summed E-state index contributed by atoms with van der Waals surface area (Å²) < 4.78 is 6.28. The van der Waals surface area contributed by atoms with Gasteiger partial charge in [-0.2, -0.15) is 0 Å². The SMILES string of the molecule is [CH2]CCCCCCCCCCCOC1CCC([O])C2CCCC1CC2. The Morgan fingerprint density at radius 2 is 1.28 bits per heavy atom.